The highest BCUT2D eigenvalue weighted by molar-refractivity contribution is 6.99. The minimum Gasteiger partial charge on any atom is -0.489 e. The summed E-state index contributed by atoms with van der Waals surface area (Å²) in [6.07, 6.45) is 2.91. The molecule has 202 valence electrons. The molecule has 0 aliphatic rings. The van der Waals surface area contributed by atoms with Gasteiger partial charge >= 0.3 is 0 Å². The van der Waals surface area contributed by atoms with Crippen molar-refractivity contribution in [3.05, 3.63) is 138 Å². The molecule has 0 unspecified atom stereocenters. The van der Waals surface area contributed by atoms with E-state index in [1.165, 1.54) is 15.9 Å². The summed E-state index contributed by atoms with van der Waals surface area (Å²) in [7, 11) is -2.57. The molecule has 39 heavy (non-hydrogen) atoms. The smallest absolute Gasteiger partial charge is 0.261 e. The second-order valence-electron chi connectivity index (χ2n) is 11.3. The molecule has 0 aliphatic carbocycles. The van der Waals surface area contributed by atoms with Gasteiger partial charge in [0.05, 0.1) is 6.61 Å². The monoisotopic (exact) mass is 535 g/mol. The zero-order chi connectivity index (χ0) is 27.7. The maximum atomic E-state index is 7.06. The molecule has 4 aromatic carbocycles. The average Bonchev–Trinajstić information content (AvgIpc) is 2.94. The van der Waals surface area contributed by atoms with Crippen molar-refractivity contribution in [3.8, 4) is 5.75 Å². The van der Waals surface area contributed by atoms with Crippen molar-refractivity contribution in [2.24, 2.45) is 5.73 Å². The average molecular weight is 536 g/mol. The zero-order valence-electron chi connectivity index (χ0n) is 23.6. The largest absolute Gasteiger partial charge is 0.489 e. The first-order valence-electron chi connectivity index (χ1n) is 13.7. The molecule has 3 nitrogen and oxygen atoms in total. The Kier molecular flexibility index (Phi) is 9.57. The maximum Gasteiger partial charge on any atom is 0.261 e. The number of benzene rings is 4. The van der Waals surface area contributed by atoms with Crippen molar-refractivity contribution in [1.29, 1.82) is 0 Å². The first-order valence-corrected chi connectivity index (χ1v) is 15.6. The fourth-order valence-electron chi connectivity index (χ4n) is 5.19. The van der Waals surface area contributed by atoms with E-state index in [1.807, 2.05) is 30.3 Å². The van der Waals surface area contributed by atoms with Gasteiger partial charge in [0.1, 0.15) is 12.4 Å². The van der Waals surface area contributed by atoms with Crippen LogP contribution in [0.4, 0.5) is 0 Å². The maximum absolute atomic E-state index is 7.06. The SMILES string of the molecule is C/C(=C\[C@@H](N)Cc1ccc(OCc2ccccc2)cc1)CO[Si](c1ccccc1)(c1ccccc1)C(C)(C)C. The number of nitrogens with two attached hydrogens (primary N) is 1. The molecule has 4 rings (SSSR count). The van der Waals surface area contributed by atoms with Crippen LogP contribution in [0.2, 0.25) is 5.04 Å². The van der Waals surface area contributed by atoms with Crippen LogP contribution in [0.25, 0.3) is 0 Å². The summed E-state index contributed by atoms with van der Waals surface area (Å²) in [5.41, 5.74) is 10.1. The third kappa shape index (κ3) is 7.36. The Morgan fingerprint density at radius 1 is 0.744 bits per heavy atom. The Morgan fingerprint density at radius 2 is 1.26 bits per heavy atom. The lowest BCUT2D eigenvalue weighted by atomic mass is 10.0. The van der Waals surface area contributed by atoms with Gasteiger partial charge < -0.3 is 14.9 Å². The van der Waals surface area contributed by atoms with E-state index in [0.717, 1.165) is 23.3 Å². The van der Waals surface area contributed by atoms with E-state index in [1.54, 1.807) is 0 Å². The van der Waals surface area contributed by atoms with Crippen LogP contribution in [0.15, 0.2) is 127 Å². The predicted octanol–water partition coefficient (Wildman–Crippen LogP) is 6.66. The van der Waals surface area contributed by atoms with Crippen molar-refractivity contribution in [3.63, 3.8) is 0 Å². The number of ether oxygens (including phenoxy) is 1. The molecule has 0 spiro atoms. The van der Waals surface area contributed by atoms with Crippen molar-refractivity contribution >= 4 is 18.7 Å². The van der Waals surface area contributed by atoms with Crippen LogP contribution in [-0.4, -0.2) is 21.0 Å². The van der Waals surface area contributed by atoms with E-state index >= 15 is 0 Å². The summed E-state index contributed by atoms with van der Waals surface area (Å²) in [4.78, 5) is 0. The topological polar surface area (TPSA) is 44.5 Å². The Bertz CT molecular complexity index is 1270. The molecule has 0 aromatic heterocycles. The summed E-state index contributed by atoms with van der Waals surface area (Å²) >= 11 is 0. The molecule has 4 heteroatoms. The minimum absolute atomic E-state index is 0.0531. The van der Waals surface area contributed by atoms with Gasteiger partial charge in [0, 0.05) is 6.04 Å². The van der Waals surface area contributed by atoms with E-state index < -0.39 is 8.32 Å². The molecule has 4 aromatic rings. The zero-order valence-corrected chi connectivity index (χ0v) is 24.6. The Hall–Kier alpha value is -3.44. The van der Waals surface area contributed by atoms with E-state index in [2.05, 4.69) is 119 Å². The predicted molar refractivity (Wildman–Crippen MR) is 166 cm³/mol. The molecule has 0 aliphatic heterocycles. The first kappa shape index (κ1) is 28.6. The molecule has 0 bridgehead atoms. The fraction of sp³-hybridized carbons (Fsp3) is 0.257. The molecular formula is C35H41NO2Si. The van der Waals surface area contributed by atoms with Gasteiger partial charge in [-0.25, -0.2) is 0 Å². The summed E-state index contributed by atoms with van der Waals surface area (Å²) in [5.74, 6) is 0.863. The summed E-state index contributed by atoms with van der Waals surface area (Å²) in [6.45, 7) is 10.1. The van der Waals surface area contributed by atoms with Gasteiger partial charge in [-0.3, -0.25) is 0 Å². The second-order valence-corrected chi connectivity index (χ2v) is 15.6. The lowest BCUT2D eigenvalue weighted by Gasteiger charge is -2.43. The van der Waals surface area contributed by atoms with E-state index in [-0.39, 0.29) is 11.1 Å². The molecule has 0 saturated heterocycles. The fourth-order valence-corrected chi connectivity index (χ4v) is 9.79. The number of rotatable bonds is 11. The molecule has 0 radical (unpaired) electrons. The van der Waals surface area contributed by atoms with Crippen molar-refractivity contribution in [2.45, 2.75) is 51.8 Å². The third-order valence-corrected chi connectivity index (χ3v) is 12.1. The Morgan fingerprint density at radius 3 is 1.77 bits per heavy atom. The molecule has 2 N–H and O–H groups in total. The summed E-state index contributed by atoms with van der Waals surface area (Å²) in [6, 6.07) is 39.9. The van der Waals surface area contributed by atoms with Gasteiger partial charge in [0.15, 0.2) is 0 Å². The van der Waals surface area contributed by atoms with Crippen molar-refractivity contribution in [1.82, 2.24) is 0 Å². The molecule has 0 amide bonds. The van der Waals surface area contributed by atoms with E-state index in [0.29, 0.717) is 13.2 Å². The normalized spacial score (nSPS) is 13.2. The highest BCUT2D eigenvalue weighted by Gasteiger charge is 2.50. The lowest BCUT2D eigenvalue weighted by molar-refractivity contribution is 0.306. The number of hydrogen-bond acceptors (Lipinski definition) is 3. The highest BCUT2D eigenvalue weighted by atomic mass is 28.4. The van der Waals surface area contributed by atoms with E-state index in [9.17, 15) is 0 Å². The lowest BCUT2D eigenvalue weighted by Crippen LogP contribution is -2.66. The van der Waals surface area contributed by atoms with E-state index in [4.69, 9.17) is 14.9 Å². The van der Waals surface area contributed by atoms with Crippen LogP contribution in [0.1, 0.15) is 38.8 Å². The Labute approximate surface area is 235 Å². The highest BCUT2D eigenvalue weighted by Crippen LogP contribution is 2.37. The molecule has 0 fully saturated rings. The van der Waals surface area contributed by atoms with Crippen molar-refractivity contribution in [2.75, 3.05) is 6.61 Å². The van der Waals surface area contributed by atoms with Crippen LogP contribution in [0.3, 0.4) is 0 Å². The van der Waals surface area contributed by atoms with Gasteiger partial charge in [-0.15, -0.1) is 0 Å². The van der Waals surface area contributed by atoms with Crippen molar-refractivity contribution < 1.29 is 9.16 Å². The number of hydrogen-bond donors (Lipinski definition) is 1. The van der Waals surface area contributed by atoms with Crippen LogP contribution in [-0.2, 0) is 17.5 Å². The minimum atomic E-state index is -2.57. The van der Waals surface area contributed by atoms with Crippen LogP contribution in [0, 0.1) is 0 Å². The quantitative estimate of drug-likeness (QED) is 0.173. The molecular weight excluding hydrogens is 494 g/mol. The van der Waals surface area contributed by atoms with Gasteiger partial charge in [-0.05, 0) is 52.0 Å². The van der Waals surface area contributed by atoms with Gasteiger partial charge in [-0.2, -0.15) is 0 Å². The van der Waals surface area contributed by atoms with Gasteiger partial charge in [0.25, 0.3) is 8.32 Å². The van der Waals surface area contributed by atoms with Crippen LogP contribution < -0.4 is 20.8 Å². The second kappa shape index (κ2) is 13.1. The van der Waals surface area contributed by atoms with Gasteiger partial charge in [-0.1, -0.05) is 136 Å². The summed E-state index contributed by atoms with van der Waals surface area (Å²) < 4.78 is 13.0. The van der Waals surface area contributed by atoms with Crippen LogP contribution in [0.5, 0.6) is 5.75 Å². The molecule has 1 atom stereocenters. The molecule has 0 saturated carbocycles. The third-order valence-electron chi connectivity index (χ3n) is 7.07. The Balaban J connectivity index is 1.43. The molecule has 0 heterocycles. The summed E-state index contributed by atoms with van der Waals surface area (Å²) in [5, 5.41) is 2.52. The standard InChI is InChI=1S/C35H41NO2Si/c1-28(24-31(36)25-29-20-22-32(23-21-29)37-27-30-14-8-5-9-15-30)26-38-39(35(2,3)4,33-16-10-6-11-17-33)34-18-12-7-13-19-34/h5-24,31H,25-27,36H2,1-4H3/b28-24+/t31-/m1/s1. The van der Waals surface area contributed by atoms with Gasteiger partial charge in [0.2, 0.25) is 0 Å². The first-order chi connectivity index (χ1) is 18.8. The van der Waals surface area contributed by atoms with Crippen LogP contribution >= 0.6 is 0 Å².